The number of anilines is 1. The highest BCUT2D eigenvalue weighted by Gasteiger charge is 2.56. The maximum Gasteiger partial charge on any atom is 0.240 e. The van der Waals surface area contributed by atoms with Crippen LogP contribution in [0.15, 0.2) is 42.5 Å². The van der Waals surface area contributed by atoms with Crippen molar-refractivity contribution in [2.45, 2.75) is 40.2 Å². The molecule has 0 aliphatic heterocycles. The summed E-state index contributed by atoms with van der Waals surface area (Å²) in [5.74, 6) is -0.391. The first-order valence-electron chi connectivity index (χ1n) is 8.63. The van der Waals surface area contributed by atoms with Crippen LogP contribution in [0.1, 0.15) is 35.1 Å². The number of nitrogens with one attached hydrogen (secondary N) is 2. The van der Waals surface area contributed by atoms with E-state index in [1.54, 1.807) is 0 Å². The van der Waals surface area contributed by atoms with Gasteiger partial charge in [-0.2, -0.15) is 0 Å². The molecule has 130 valence electrons. The lowest BCUT2D eigenvalue weighted by molar-refractivity contribution is -0.134. The minimum atomic E-state index is -0.916. The molecule has 2 aromatic rings. The summed E-state index contributed by atoms with van der Waals surface area (Å²) in [5.41, 5.74) is 4.21. The highest BCUT2D eigenvalue weighted by molar-refractivity contribution is 6.13. The Kier molecular flexibility index (Phi) is 4.62. The predicted octanol–water partition coefficient (Wildman–Crippen LogP) is 3.65. The summed E-state index contributed by atoms with van der Waals surface area (Å²) < 4.78 is 0. The number of rotatable bonds is 5. The van der Waals surface area contributed by atoms with Gasteiger partial charge in [0.25, 0.3) is 0 Å². The van der Waals surface area contributed by atoms with Crippen molar-refractivity contribution in [2.24, 2.45) is 5.41 Å². The number of benzene rings is 2. The van der Waals surface area contributed by atoms with Crippen LogP contribution in [-0.2, 0) is 16.1 Å². The van der Waals surface area contributed by atoms with Gasteiger partial charge in [0.05, 0.1) is 0 Å². The summed E-state index contributed by atoms with van der Waals surface area (Å²) >= 11 is 0. The molecule has 2 aromatic carbocycles. The molecule has 1 saturated carbocycles. The third kappa shape index (κ3) is 3.73. The van der Waals surface area contributed by atoms with Crippen molar-refractivity contribution in [3.63, 3.8) is 0 Å². The second kappa shape index (κ2) is 6.71. The van der Waals surface area contributed by atoms with Crippen LogP contribution >= 0.6 is 0 Å². The van der Waals surface area contributed by atoms with Crippen LogP contribution in [0.4, 0.5) is 5.69 Å². The van der Waals surface area contributed by atoms with Crippen LogP contribution in [0.3, 0.4) is 0 Å². The van der Waals surface area contributed by atoms with Gasteiger partial charge in [0.2, 0.25) is 11.8 Å². The number of carbonyl (C=O) groups is 2. The fourth-order valence-corrected chi connectivity index (χ4v) is 3.13. The van der Waals surface area contributed by atoms with Gasteiger partial charge >= 0.3 is 0 Å². The molecule has 2 amide bonds. The zero-order valence-electron chi connectivity index (χ0n) is 15.0. The van der Waals surface area contributed by atoms with Crippen molar-refractivity contribution < 1.29 is 9.59 Å². The van der Waals surface area contributed by atoms with E-state index in [-0.39, 0.29) is 11.8 Å². The van der Waals surface area contributed by atoms with Crippen LogP contribution < -0.4 is 10.6 Å². The molecule has 0 saturated heterocycles. The van der Waals surface area contributed by atoms with Crippen molar-refractivity contribution in [1.82, 2.24) is 5.32 Å². The van der Waals surface area contributed by atoms with Crippen molar-refractivity contribution in [1.29, 1.82) is 0 Å². The summed E-state index contributed by atoms with van der Waals surface area (Å²) in [4.78, 5) is 25.3. The van der Waals surface area contributed by atoms with Gasteiger partial charge in [0.1, 0.15) is 5.41 Å². The van der Waals surface area contributed by atoms with Gasteiger partial charge in [-0.1, -0.05) is 30.3 Å². The van der Waals surface area contributed by atoms with Crippen molar-refractivity contribution in [3.8, 4) is 0 Å². The van der Waals surface area contributed by atoms with E-state index in [9.17, 15) is 9.59 Å². The molecule has 0 unspecified atom stereocenters. The third-order valence-electron chi connectivity index (χ3n) is 4.80. The fraction of sp³-hybridized carbons (Fsp3) is 0.333. The Morgan fingerprint density at radius 3 is 2.20 bits per heavy atom. The van der Waals surface area contributed by atoms with E-state index < -0.39 is 5.41 Å². The Morgan fingerprint density at radius 1 is 0.960 bits per heavy atom. The molecule has 1 aliphatic carbocycles. The summed E-state index contributed by atoms with van der Waals surface area (Å²) in [6.45, 7) is 6.44. The Morgan fingerprint density at radius 2 is 1.60 bits per heavy atom. The number of hydrogen-bond acceptors (Lipinski definition) is 2. The lowest BCUT2D eigenvalue weighted by Crippen LogP contribution is -2.39. The van der Waals surface area contributed by atoms with E-state index >= 15 is 0 Å². The quantitative estimate of drug-likeness (QED) is 0.819. The fourth-order valence-electron chi connectivity index (χ4n) is 3.13. The predicted molar refractivity (Wildman–Crippen MR) is 99.2 cm³/mol. The molecule has 0 atom stereocenters. The topological polar surface area (TPSA) is 58.2 Å². The van der Waals surface area contributed by atoms with Gasteiger partial charge in [0, 0.05) is 12.2 Å². The van der Waals surface area contributed by atoms with E-state index in [1.165, 1.54) is 0 Å². The monoisotopic (exact) mass is 336 g/mol. The second-order valence-corrected chi connectivity index (χ2v) is 7.02. The van der Waals surface area contributed by atoms with Crippen LogP contribution in [0.25, 0.3) is 0 Å². The molecular formula is C21H24N2O2. The summed E-state index contributed by atoms with van der Waals surface area (Å²) in [6, 6.07) is 13.8. The average Bonchev–Trinajstić information content (AvgIpc) is 3.34. The molecule has 4 heteroatoms. The molecule has 3 rings (SSSR count). The lowest BCUT2D eigenvalue weighted by Gasteiger charge is -2.16. The zero-order valence-corrected chi connectivity index (χ0v) is 15.0. The smallest absolute Gasteiger partial charge is 0.240 e. The normalized spacial score (nSPS) is 14.7. The standard InChI is InChI=1S/C21H24N2O2/c1-14-10-15(2)12-18(11-14)23-20(25)21(8-9-21)19(24)22-13-17-7-5-4-6-16(17)3/h4-7,10-12H,8-9,13H2,1-3H3,(H,22,24)(H,23,25). The van der Waals surface area contributed by atoms with Gasteiger partial charge in [-0.15, -0.1) is 0 Å². The molecule has 0 radical (unpaired) electrons. The summed E-state index contributed by atoms with van der Waals surface area (Å²) in [7, 11) is 0. The van der Waals surface area contributed by atoms with Gasteiger partial charge in [-0.3, -0.25) is 9.59 Å². The van der Waals surface area contributed by atoms with E-state index in [0.717, 1.165) is 27.9 Å². The van der Waals surface area contributed by atoms with Crippen LogP contribution in [0.2, 0.25) is 0 Å². The van der Waals surface area contributed by atoms with E-state index in [0.29, 0.717) is 19.4 Å². The van der Waals surface area contributed by atoms with Crippen LogP contribution in [-0.4, -0.2) is 11.8 Å². The molecular weight excluding hydrogens is 312 g/mol. The van der Waals surface area contributed by atoms with Gasteiger partial charge in [-0.05, 0) is 68.0 Å². The summed E-state index contributed by atoms with van der Waals surface area (Å²) in [6.07, 6.45) is 1.20. The Balaban J connectivity index is 1.65. The van der Waals surface area contributed by atoms with E-state index in [4.69, 9.17) is 0 Å². The SMILES string of the molecule is Cc1cc(C)cc(NC(=O)C2(C(=O)NCc3ccccc3C)CC2)c1. The molecule has 0 spiro atoms. The minimum Gasteiger partial charge on any atom is -0.351 e. The largest absolute Gasteiger partial charge is 0.351 e. The number of carbonyl (C=O) groups excluding carboxylic acids is 2. The van der Waals surface area contributed by atoms with Crippen LogP contribution in [0.5, 0.6) is 0 Å². The van der Waals surface area contributed by atoms with E-state index in [2.05, 4.69) is 16.7 Å². The molecule has 1 fully saturated rings. The van der Waals surface area contributed by atoms with Gasteiger partial charge < -0.3 is 10.6 Å². The van der Waals surface area contributed by atoms with E-state index in [1.807, 2.05) is 57.2 Å². The number of aryl methyl sites for hydroxylation is 3. The molecule has 0 aromatic heterocycles. The van der Waals surface area contributed by atoms with Crippen molar-refractivity contribution in [2.75, 3.05) is 5.32 Å². The first-order chi connectivity index (χ1) is 11.9. The highest BCUT2D eigenvalue weighted by atomic mass is 16.2. The number of hydrogen-bond donors (Lipinski definition) is 2. The maximum atomic E-state index is 12.7. The molecule has 25 heavy (non-hydrogen) atoms. The Labute approximate surface area is 148 Å². The molecule has 4 nitrogen and oxygen atoms in total. The van der Waals surface area contributed by atoms with Crippen LogP contribution in [0, 0.1) is 26.2 Å². The Hall–Kier alpha value is -2.62. The van der Waals surface area contributed by atoms with Gasteiger partial charge in [-0.25, -0.2) is 0 Å². The average molecular weight is 336 g/mol. The minimum absolute atomic E-state index is 0.183. The Bertz CT molecular complexity index is 802. The first kappa shape index (κ1) is 17.2. The molecule has 2 N–H and O–H groups in total. The first-order valence-corrected chi connectivity index (χ1v) is 8.63. The van der Waals surface area contributed by atoms with Crippen molar-refractivity contribution in [3.05, 3.63) is 64.7 Å². The van der Waals surface area contributed by atoms with Crippen molar-refractivity contribution >= 4 is 17.5 Å². The third-order valence-corrected chi connectivity index (χ3v) is 4.80. The molecule has 1 aliphatic rings. The molecule has 0 heterocycles. The summed E-state index contributed by atoms with van der Waals surface area (Å²) in [5, 5.41) is 5.85. The zero-order chi connectivity index (χ0) is 18.0. The maximum absolute atomic E-state index is 12.7. The number of amides is 2. The highest BCUT2D eigenvalue weighted by Crippen LogP contribution is 2.47. The van der Waals surface area contributed by atoms with Gasteiger partial charge in [0.15, 0.2) is 0 Å². The molecule has 0 bridgehead atoms. The second-order valence-electron chi connectivity index (χ2n) is 7.02. The lowest BCUT2D eigenvalue weighted by atomic mass is 10.0.